The smallest absolute Gasteiger partial charge is 0.410 e. The van der Waals surface area contributed by atoms with E-state index in [-0.39, 0.29) is 43.5 Å². The summed E-state index contributed by atoms with van der Waals surface area (Å²) in [4.78, 5) is 30.5. The van der Waals surface area contributed by atoms with Crippen molar-refractivity contribution in [1.29, 1.82) is 0 Å². The molecular weight excluding hydrogens is 696 g/mol. The highest BCUT2D eigenvalue weighted by atomic mass is 35.5. The number of hydrogen-bond donors (Lipinski definition) is 1. The van der Waals surface area contributed by atoms with Crippen LogP contribution in [0.25, 0.3) is 21.2 Å². The third kappa shape index (κ3) is 8.01. The van der Waals surface area contributed by atoms with Crippen LogP contribution in [0.2, 0.25) is 5.02 Å². The van der Waals surface area contributed by atoms with Gasteiger partial charge in [-0.3, -0.25) is 4.79 Å². The third-order valence-electron chi connectivity index (χ3n) is 8.61. The van der Waals surface area contributed by atoms with Gasteiger partial charge < -0.3 is 19.3 Å². The molecule has 0 atom stereocenters. The Bertz CT molecular complexity index is 1990. The number of primary sulfonamides is 1. The van der Waals surface area contributed by atoms with Crippen LogP contribution in [0.3, 0.4) is 0 Å². The van der Waals surface area contributed by atoms with Crippen molar-refractivity contribution in [2.75, 3.05) is 14.2 Å². The molecule has 0 bridgehead atoms. The Kier molecular flexibility index (Phi) is 10.6. The number of carbonyl (C=O) groups excluding carboxylic acids is 2. The summed E-state index contributed by atoms with van der Waals surface area (Å²) in [5, 5.41) is 4.98. The van der Waals surface area contributed by atoms with E-state index in [1.807, 2.05) is 12.1 Å². The van der Waals surface area contributed by atoms with Crippen LogP contribution in [-0.2, 0) is 21.3 Å². The first-order valence-electron chi connectivity index (χ1n) is 15.6. The SMILES string of the molecule is COc1ccc(-c2ccc(S(N)(=O)=O)cc2)cc1CN(C(=O)c1sc2c(F)ccc(F)c2c1Cl)C1CCC(N(C)C(=O)OC(C)(C)C)CC1. The normalized spacial score (nSPS) is 16.8. The number of ether oxygens (including phenoxy) is 2. The second-order valence-corrected chi connectivity index (χ2v) is 16.0. The molecule has 0 aliphatic heterocycles. The van der Waals surface area contributed by atoms with Crippen molar-refractivity contribution < 1.29 is 36.3 Å². The van der Waals surface area contributed by atoms with Crippen molar-refractivity contribution in [3.05, 3.63) is 81.7 Å². The number of hydrogen-bond acceptors (Lipinski definition) is 7. The van der Waals surface area contributed by atoms with Gasteiger partial charge in [0.2, 0.25) is 10.0 Å². The second-order valence-electron chi connectivity index (χ2n) is 13.1. The number of amides is 2. The van der Waals surface area contributed by atoms with Crippen molar-refractivity contribution in [3.8, 4) is 16.9 Å². The minimum atomic E-state index is -3.88. The van der Waals surface area contributed by atoms with Gasteiger partial charge in [-0.25, -0.2) is 27.1 Å². The molecule has 1 heterocycles. The Labute approximate surface area is 293 Å². The molecular formula is C35H38ClF2N3O6S2. The molecule has 0 unspecified atom stereocenters. The van der Waals surface area contributed by atoms with Crippen LogP contribution < -0.4 is 9.88 Å². The van der Waals surface area contributed by atoms with Gasteiger partial charge in [0, 0.05) is 31.2 Å². The zero-order valence-electron chi connectivity index (χ0n) is 27.8. The van der Waals surface area contributed by atoms with E-state index in [0.717, 1.165) is 29.0 Å². The highest BCUT2D eigenvalue weighted by molar-refractivity contribution is 7.89. The maximum absolute atomic E-state index is 14.8. The number of rotatable bonds is 8. The van der Waals surface area contributed by atoms with Crippen LogP contribution in [0.1, 0.15) is 61.7 Å². The van der Waals surface area contributed by atoms with Crippen LogP contribution in [0.5, 0.6) is 5.75 Å². The monoisotopic (exact) mass is 733 g/mol. The molecule has 2 N–H and O–H groups in total. The number of halogens is 3. The topological polar surface area (TPSA) is 119 Å². The number of benzene rings is 3. The fraction of sp³-hybridized carbons (Fsp3) is 0.371. The molecule has 1 aromatic heterocycles. The standard InChI is InChI=1S/C35H38ClF2N3O6S2/c1-35(2,3)47-34(43)40(4)23-9-11-24(12-10-23)41(33(42)32-30(36)29-26(37)15-16-27(38)31(29)48-32)19-22-18-21(8-17-28(22)46-5)20-6-13-25(14-7-20)49(39,44)45/h6-8,13-18,23-24H,9-12,19H2,1-5H3,(H2,39,44,45). The van der Waals surface area contributed by atoms with E-state index in [0.29, 0.717) is 42.6 Å². The summed E-state index contributed by atoms with van der Waals surface area (Å²) < 4.78 is 64.3. The highest BCUT2D eigenvalue weighted by Gasteiger charge is 2.35. The van der Waals surface area contributed by atoms with Gasteiger partial charge in [-0.15, -0.1) is 11.3 Å². The second kappa shape index (κ2) is 14.2. The van der Waals surface area contributed by atoms with Crippen molar-refractivity contribution >= 4 is 55.0 Å². The predicted octanol–water partition coefficient (Wildman–Crippen LogP) is 7.98. The third-order valence-corrected chi connectivity index (χ3v) is 11.2. The first-order chi connectivity index (χ1) is 23.0. The zero-order valence-corrected chi connectivity index (χ0v) is 30.1. The first kappa shape index (κ1) is 36.5. The van der Waals surface area contributed by atoms with Gasteiger partial charge >= 0.3 is 6.09 Å². The maximum Gasteiger partial charge on any atom is 0.410 e. The van der Waals surface area contributed by atoms with Crippen molar-refractivity contribution in [1.82, 2.24) is 9.80 Å². The molecule has 1 saturated carbocycles. The Balaban J connectivity index is 1.50. The largest absolute Gasteiger partial charge is 0.496 e. The summed E-state index contributed by atoms with van der Waals surface area (Å²) in [5.41, 5.74) is 1.44. The van der Waals surface area contributed by atoms with Gasteiger partial charge in [0.05, 0.1) is 27.1 Å². The molecule has 5 rings (SSSR count). The lowest BCUT2D eigenvalue weighted by molar-refractivity contribution is 0.0144. The molecule has 14 heteroatoms. The summed E-state index contributed by atoms with van der Waals surface area (Å²) in [6.45, 7) is 5.48. The molecule has 2 amide bonds. The van der Waals surface area contributed by atoms with Gasteiger partial charge in [0.1, 0.15) is 27.9 Å². The first-order valence-corrected chi connectivity index (χ1v) is 18.4. The summed E-state index contributed by atoms with van der Waals surface area (Å²) in [6, 6.07) is 13.1. The summed E-state index contributed by atoms with van der Waals surface area (Å²) in [6.07, 6.45) is 1.81. The molecule has 0 radical (unpaired) electrons. The lowest BCUT2D eigenvalue weighted by Crippen LogP contribution is -2.47. The molecule has 49 heavy (non-hydrogen) atoms. The van der Waals surface area contributed by atoms with Gasteiger partial charge in [-0.1, -0.05) is 29.8 Å². The summed E-state index contributed by atoms with van der Waals surface area (Å²) >= 11 is 7.40. The highest BCUT2D eigenvalue weighted by Crippen LogP contribution is 2.41. The molecule has 4 aromatic rings. The number of methoxy groups -OCH3 is 1. The average molecular weight is 734 g/mol. The molecule has 1 fully saturated rings. The van der Waals surface area contributed by atoms with E-state index < -0.39 is 39.3 Å². The molecule has 1 aliphatic carbocycles. The quantitative estimate of drug-likeness (QED) is 0.196. The number of thiophene rings is 1. The summed E-state index contributed by atoms with van der Waals surface area (Å²) in [5.74, 6) is -1.39. The minimum absolute atomic E-state index is 0.0161. The predicted molar refractivity (Wildman–Crippen MR) is 186 cm³/mol. The van der Waals surface area contributed by atoms with Crippen LogP contribution in [0.15, 0.2) is 59.5 Å². The van der Waals surface area contributed by atoms with Crippen LogP contribution in [0.4, 0.5) is 13.6 Å². The molecule has 9 nitrogen and oxygen atoms in total. The van der Waals surface area contributed by atoms with Gasteiger partial charge in [-0.2, -0.15) is 0 Å². The number of nitrogens with zero attached hydrogens (tertiary/aromatic N) is 2. The van der Waals surface area contributed by atoms with Crippen molar-refractivity contribution in [2.45, 2.75) is 75.6 Å². The fourth-order valence-corrected chi connectivity index (χ4v) is 8.10. The van der Waals surface area contributed by atoms with E-state index >= 15 is 0 Å². The van der Waals surface area contributed by atoms with E-state index in [1.54, 1.807) is 55.8 Å². The van der Waals surface area contributed by atoms with Crippen LogP contribution >= 0.6 is 22.9 Å². The zero-order chi connectivity index (χ0) is 35.8. The Hall–Kier alpha value is -3.78. The summed E-state index contributed by atoms with van der Waals surface area (Å²) in [7, 11) is -0.662. The molecule has 1 aliphatic rings. The molecule has 262 valence electrons. The molecule has 0 saturated heterocycles. The van der Waals surface area contributed by atoms with Crippen LogP contribution in [-0.4, -0.2) is 62.1 Å². The average Bonchev–Trinajstić information content (AvgIpc) is 3.41. The van der Waals surface area contributed by atoms with Crippen molar-refractivity contribution in [3.63, 3.8) is 0 Å². The van der Waals surface area contributed by atoms with Crippen LogP contribution in [0, 0.1) is 11.6 Å². The maximum atomic E-state index is 14.8. The molecule has 3 aromatic carbocycles. The van der Waals surface area contributed by atoms with E-state index in [9.17, 15) is 26.8 Å². The van der Waals surface area contributed by atoms with Crippen molar-refractivity contribution in [2.24, 2.45) is 5.14 Å². The Morgan fingerprint density at radius 1 is 0.959 bits per heavy atom. The lowest BCUT2D eigenvalue weighted by Gasteiger charge is -2.40. The molecule has 0 spiro atoms. The van der Waals surface area contributed by atoms with Gasteiger partial charge in [-0.05, 0) is 94.0 Å². The fourth-order valence-electron chi connectivity index (χ4n) is 6.08. The van der Waals surface area contributed by atoms with Gasteiger partial charge in [0.25, 0.3) is 5.91 Å². The van der Waals surface area contributed by atoms with E-state index in [4.69, 9.17) is 26.2 Å². The van der Waals surface area contributed by atoms with Gasteiger partial charge in [0.15, 0.2) is 0 Å². The number of sulfonamides is 1. The lowest BCUT2D eigenvalue weighted by atomic mass is 9.89. The Morgan fingerprint density at radius 2 is 1.55 bits per heavy atom. The number of carbonyl (C=O) groups is 2. The van der Waals surface area contributed by atoms with E-state index in [2.05, 4.69) is 0 Å². The Morgan fingerprint density at radius 3 is 2.12 bits per heavy atom. The van der Waals surface area contributed by atoms with E-state index in [1.165, 1.54) is 19.2 Å². The number of fused-ring (bicyclic) bond motifs is 1. The number of nitrogens with two attached hydrogens (primary N) is 1. The minimum Gasteiger partial charge on any atom is -0.496 e.